The summed E-state index contributed by atoms with van der Waals surface area (Å²) in [5.41, 5.74) is 5.00. The summed E-state index contributed by atoms with van der Waals surface area (Å²) in [4.78, 5) is 6.99. The summed E-state index contributed by atoms with van der Waals surface area (Å²) in [7, 11) is 0. The van der Waals surface area contributed by atoms with Crippen molar-refractivity contribution in [3.05, 3.63) is 52.2 Å². The standard InChI is InChI=1S/C18H19N3OS2/c1-3-10-22-15-8-5-4-7-14(15)12-19-21-18-20-17(13(2)24-18)16-9-6-11-23-16/h4-9,11-12H,3,10H2,1-2H3,(H,20,21)/b19-12-. The molecule has 0 aliphatic heterocycles. The maximum atomic E-state index is 5.73. The second kappa shape index (κ2) is 8.08. The lowest BCUT2D eigenvalue weighted by molar-refractivity contribution is 0.317. The molecule has 1 aromatic carbocycles. The summed E-state index contributed by atoms with van der Waals surface area (Å²) in [6, 6.07) is 12.0. The lowest BCUT2D eigenvalue weighted by Crippen LogP contribution is -1.99. The van der Waals surface area contributed by atoms with E-state index in [1.54, 1.807) is 28.9 Å². The first-order valence-corrected chi connectivity index (χ1v) is 9.49. The van der Waals surface area contributed by atoms with Gasteiger partial charge in [-0.05, 0) is 36.9 Å². The van der Waals surface area contributed by atoms with E-state index in [2.05, 4.69) is 40.8 Å². The molecule has 0 radical (unpaired) electrons. The molecule has 0 unspecified atom stereocenters. The Balaban J connectivity index is 1.70. The quantitative estimate of drug-likeness (QED) is 0.454. The minimum Gasteiger partial charge on any atom is -0.493 e. The van der Waals surface area contributed by atoms with Gasteiger partial charge in [0.2, 0.25) is 5.13 Å². The molecule has 6 heteroatoms. The van der Waals surface area contributed by atoms with E-state index in [0.717, 1.165) is 28.6 Å². The van der Waals surface area contributed by atoms with Crippen LogP contribution >= 0.6 is 22.7 Å². The molecule has 0 fully saturated rings. The fraction of sp³-hybridized carbons (Fsp3) is 0.222. The van der Waals surface area contributed by atoms with Crippen molar-refractivity contribution in [2.24, 2.45) is 5.10 Å². The average molecular weight is 358 g/mol. The minimum absolute atomic E-state index is 0.703. The van der Waals surface area contributed by atoms with Crippen LogP contribution in [0.5, 0.6) is 5.75 Å². The van der Waals surface area contributed by atoms with E-state index >= 15 is 0 Å². The number of anilines is 1. The fourth-order valence-corrected chi connectivity index (χ4v) is 3.79. The van der Waals surface area contributed by atoms with Crippen LogP contribution in [0.25, 0.3) is 10.6 Å². The van der Waals surface area contributed by atoms with Gasteiger partial charge in [0.05, 0.1) is 23.4 Å². The molecule has 2 heterocycles. The van der Waals surface area contributed by atoms with E-state index in [4.69, 9.17) is 4.74 Å². The number of rotatable bonds is 7. The van der Waals surface area contributed by atoms with E-state index in [0.29, 0.717) is 6.61 Å². The van der Waals surface area contributed by atoms with E-state index in [9.17, 15) is 0 Å². The van der Waals surface area contributed by atoms with Crippen LogP contribution in [0.3, 0.4) is 0 Å². The Morgan fingerprint density at radius 1 is 1.25 bits per heavy atom. The summed E-state index contributed by atoms with van der Waals surface area (Å²) >= 11 is 3.30. The van der Waals surface area contributed by atoms with E-state index < -0.39 is 0 Å². The molecule has 0 saturated heterocycles. The topological polar surface area (TPSA) is 46.5 Å². The maximum Gasteiger partial charge on any atom is 0.204 e. The first-order valence-electron chi connectivity index (χ1n) is 7.80. The highest BCUT2D eigenvalue weighted by Gasteiger charge is 2.10. The van der Waals surface area contributed by atoms with Gasteiger partial charge in [0.1, 0.15) is 5.75 Å². The normalized spacial score (nSPS) is 11.1. The van der Waals surface area contributed by atoms with Gasteiger partial charge < -0.3 is 4.74 Å². The number of aromatic nitrogens is 1. The molecule has 4 nitrogen and oxygen atoms in total. The van der Waals surface area contributed by atoms with E-state index in [-0.39, 0.29) is 0 Å². The van der Waals surface area contributed by atoms with Gasteiger partial charge in [-0.15, -0.1) is 22.7 Å². The Morgan fingerprint density at radius 2 is 2.12 bits per heavy atom. The third-order valence-electron chi connectivity index (χ3n) is 3.30. The van der Waals surface area contributed by atoms with Gasteiger partial charge >= 0.3 is 0 Å². The number of para-hydroxylation sites is 1. The largest absolute Gasteiger partial charge is 0.493 e. The van der Waals surface area contributed by atoms with Gasteiger partial charge in [-0.25, -0.2) is 4.98 Å². The lowest BCUT2D eigenvalue weighted by Gasteiger charge is -2.07. The number of nitrogens with zero attached hydrogens (tertiary/aromatic N) is 2. The van der Waals surface area contributed by atoms with Crippen LogP contribution in [0.15, 0.2) is 46.9 Å². The highest BCUT2D eigenvalue weighted by molar-refractivity contribution is 7.17. The van der Waals surface area contributed by atoms with Crippen LogP contribution in [0.2, 0.25) is 0 Å². The molecule has 0 atom stereocenters. The molecule has 3 aromatic rings. The van der Waals surface area contributed by atoms with Crippen molar-refractivity contribution in [2.45, 2.75) is 20.3 Å². The van der Waals surface area contributed by atoms with Crippen molar-refractivity contribution in [2.75, 3.05) is 12.0 Å². The van der Waals surface area contributed by atoms with Crippen molar-refractivity contribution in [1.82, 2.24) is 4.98 Å². The van der Waals surface area contributed by atoms with Crippen molar-refractivity contribution in [1.29, 1.82) is 0 Å². The number of nitrogens with one attached hydrogen (secondary N) is 1. The molecular weight excluding hydrogens is 338 g/mol. The first kappa shape index (κ1) is 16.7. The average Bonchev–Trinajstić information content (AvgIpc) is 3.23. The molecule has 0 spiro atoms. The second-order valence-corrected chi connectivity index (χ2v) is 7.31. The van der Waals surface area contributed by atoms with Gasteiger partial charge in [-0.2, -0.15) is 5.10 Å². The number of hydrogen-bond donors (Lipinski definition) is 1. The molecule has 0 saturated carbocycles. The number of hydrogen-bond acceptors (Lipinski definition) is 6. The van der Waals surface area contributed by atoms with Crippen molar-refractivity contribution in [3.63, 3.8) is 0 Å². The van der Waals surface area contributed by atoms with Crippen LogP contribution in [0, 0.1) is 6.92 Å². The molecule has 0 amide bonds. The SMILES string of the molecule is CCCOc1ccccc1/C=N\Nc1nc(-c2cccs2)c(C)s1. The second-order valence-electron chi connectivity index (χ2n) is 5.16. The van der Waals surface area contributed by atoms with Crippen molar-refractivity contribution in [3.8, 4) is 16.3 Å². The van der Waals surface area contributed by atoms with E-state index in [1.807, 2.05) is 30.3 Å². The molecule has 0 bridgehead atoms. The van der Waals surface area contributed by atoms with Crippen LogP contribution < -0.4 is 10.2 Å². The summed E-state index contributed by atoms with van der Waals surface area (Å²) in [5.74, 6) is 0.847. The third kappa shape index (κ3) is 4.01. The summed E-state index contributed by atoms with van der Waals surface area (Å²) in [6.07, 6.45) is 2.75. The lowest BCUT2D eigenvalue weighted by atomic mass is 10.2. The number of thiophene rings is 1. The minimum atomic E-state index is 0.703. The summed E-state index contributed by atoms with van der Waals surface area (Å²) in [6.45, 7) is 4.87. The van der Waals surface area contributed by atoms with Crippen LogP contribution in [0.4, 0.5) is 5.13 Å². The highest BCUT2D eigenvalue weighted by atomic mass is 32.1. The zero-order chi connectivity index (χ0) is 16.8. The van der Waals surface area contributed by atoms with E-state index in [1.165, 1.54) is 9.75 Å². The predicted octanol–water partition coefficient (Wildman–Crippen LogP) is 5.41. The van der Waals surface area contributed by atoms with Gasteiger partial charge in [0.15, 0.2) is 0 Å². The van der Waals surface area contributed by atoms with Crippen molar-refractivity contribution < 1.29 is 4.74 Å². The van der Waals surface area contributed by atoms with Gasteiger partial charge in [0.25, 0.3) is 0 Å². The molecule has 1 N–H and O–H groups in total. The molecule has 0 aliphatic carbocycles. The number of benzene rings is 1. The first-order chi connectivity index (χ1) is 11.8. The molecule has 3 rings (SSSR count). The maximum absolute atomic E-state index is 5.73. The number of ether oxygens (including phenoxy) is 1. The van der Waals surface area contributed by atoms with Crippen LogP contribution in [-0.2, 0) is 0 Å². The molecule has 124 valence electrons. The Hall–Kier alpha value is -2.18. The van der Waals surface area contributed by atoms with Crippen LogP contribution in [0.1, 0.15) is 23.8 Å². The third-order valence-corrected chi connectivity index (χ3v) is 5.05. The smallest absolute Gasteiger partial charge is 0.204 e. The highest BCUT2D eigenvalue weighted by Crippen LogP contribution is 2.32. The Bertz CT molecular complexity index is 810. The molecule has 0 aliphatic rings. The summed E-state index contributed by atoms with van der Waals surface area (Å²) < 4.78 is 5.73. The van der Waals surface area contributed by atoms with Crippen LogP contribution in [-0.4, -0.2) is 17.8 Å². The Kier molecular flexibility index (Phi) is 5.61. The molecule has 24 heavy (non-hydrogen) atoms. The van der Waals surface area contributed by atoms with Gasteiger partial charge in [-0.3, -0.25) is 5.43 Å². The van der Waals surface area contributed by atoms with Gasteiger partial charge in [0, 0.05) is 10.4 Å². The zero-order valence-corrected chi connectivity index (χ0v) is 15.3. The van der Waals surface area contributed by atoms with Gasteiger partial charge in [-0.1, -0.05) is 25.1 Å². The Morgan fingerprint density at radius 3 is 2.92 bits per heavy atom. The molecular formula is C18H19N3OS2. The number of aryl methyl sites for hydroxylation is 1. The summed E-state index contributed by atoms with van der Waals surface area (Å²) in [5, 5.41) is 7.17. The Labute approximate surface area is 149 Å². The number of hydrazone groups is 1. The number of thiazole rings is 1. The zero-order valence-electron chi connectivity index (χ0n) is 13.7. The predicted molar refractivity (Wildman–Crippen MR) is 104 cm³/mol. The monoisotopic (exact) mass is 357 g/mol. The fourth-order valence-electron chi connectivity index (χ4n) is 2.17. The van der Waals surface area contributed by atoms with Crippen molar-refractivity contribution >= 4 is 34.0 Å². The molecule has 2 aromatic heterocycles.